The van der Waals surface area contributed by atoms with Crippen LogP contribution in [-0.4, -0.2) is 52.7 Å². The Kier molecular flexibility index (Phi) is 6.63. The summed E-state index contributed by atoms with van der Waals surface area (Å²) in [5.74, 6) is -1.11. The Bertz CT molecular complexity index is 1290. The number of sulfone groups is 1. The highest BCUT2D eigenvalue weighted by Gasteiger charge is 2.31. The summed E-state index contributed by atoms with van der Waals surface area (Å²) in [6, 6.07) is 4.90. The van der Waals surface area contributed by atoms with Crippen molar-refractivity contribution >= 4 is 27.4 Å². The van der Waals surface area contributed by atoms with Crippen molar-refractivity contribution < 1.29 is 26.4 Å². The lowest BCUT2D eigenvalue weighted by Crippen LogP contribution is -2.32. The average Bonchev–Trinajstić information content (AvgIpc) is 3.31. The van der Waals surface area contributed by atoms with Gasteiger partial charge in [0.05, 0.1) is 28.1 Å². The fourth-order valence-corrected chi connectivity index (χ4v) is 3.89. The fourth-order valence-electron chi connectivity index (χ4n) is 2.84. The van der Waals surface area contributed by atoms with Crippen molar-refractivity contribution in [2.75, 3.05) is 17.7 Å². The van der Waals surface area contributed by atoms with Crippen LogP contribution in [0.5, 0.6) is 0 Å². The Morgan fingerprint density at radius 3 is 2.45 bits per heavy atom. The summed E-state index contributed by atoms with van der Waals surface area (Å²) < 4.78 is 65.8. The lowest BCUT2D eigenvalue weighted by atomic mass is 10.2. The van der Waals surface area contributed by atoms with Gasteiger partial charge in [0.25, 0.3) is 0 Å². The molecule has 3 aromatic heterocycles. The number of rotatable bonds is 5. The van der Waals surface area contributed by atoms with Gasteiger partial charge in [-0.2, -0.15) is 23.3 Å². The summed E-state index contributed by atoms with van der Waals surface area (Å²) in [6.45, 7) is 2.60. The zero-order valence-electron chi connectivity index (χ0n) is 17.8. The number of aliphatic imine (C=N–C) groups is 1. The molecule has 0 atom stereocenters. The number of carbonyl (C=O) groups is 1. The van der Waals surface area contributed by atoms with Gasteiger partial charge >= 0.3 is 6.18 Å². The average molecular weight is 480 g/mol. The van der Waals surface area contributed by atoms with Crippen LogP contribution in [0, 0.1) is 0 Å². The van der Waals surface area contributed by atoms with Crippen molar-refractivity contribution in [3.05, 3.63) is 60.3 Å². The van der Waals surface area contributed by atoms with Crippen molar-refractivity contribution in [1.82, 2.24) is 19.7 Å². The highest BCUT2D eigenvalue weighted by Crippen LogP contribution is 2.30. The van der Waals surface area contributed by atoms with E-state index in [9.17, 15) is 26.4 Å². The van der Waals surface area contributed by atoms with Gasteiger partial charge in [-0.1, -0.05) is 6.92 Å². The van der Waals surface area contributed by atoms with Crippen LogP contribution >= 0.6 is 0 Å². The molecule has 0 saturated carbocycles. The number of hydrogen-bond donors (Lipinski definition) is 0. The Balaban J connectivity index is 2.17. The lowest BCUT2D eigenvalue weighted by Gasteiger charge is -2.22. The number of nitrogens with zero attached hydrogens (tertiary/aromatic N) is 6. The minimum absolute atomic E-state index is 0.000740. The number of amides is 1. The maximum atomic E-state index is 12.9. The summed E-state index contributed by atoms with van der Waals surface area (Å²) in [4.78, 5) is 24.8. The zero-order valence-corrected chi connectivity index (χ0v) is 18.6. The predicted octanol–water partition coefficient (Wildman–Crippen LogP) is 2.90. The van der Waals surface area contributed by atoms with Crippen LogP contribution < -0.4 is 4.90 Å². The smallest absolute Gasteiger partial charge is 0.312 e. The molecule has 0 aromatic carbocycles. The monoisotopic (exact) mass is 480 g/mol. The van der Waals surface area contributed by atoms with Crippen molar-refractivity contribution in [2.24, 2.45) is 4.99 Å². The van der Waals surface area contributed by atoms with E-state index in [4.69, 9.17) is 0 Å². The molecule has 13 heteroatoms. The summed E-state index contributed by atoms with van der Waals surface area (Å²) in [5.41, 5.74) is -0.749. The van der Waals surface area contributed by atoms with Crippen LogP contribution in [0.3, 0.4) is 0 Å². The number of amidine groups is 1. The molecule has 0 aliphatic carbocycles. The van der Waals surface area contributed by atoms with Crippen LogP contribution in [0.25, 0.3) is 5.69 Å². The molecule has 33 heavy (non-hydrogen) atoms. The highest BCUT2D eigenvalue weighted by molar-refractivity contribution is 7.91. The lowest BCUT2D eigenvalue weighted by molar-refractivity contribution is -0.137. The zero-order chi connectivity index (χ0) is 24.4. The van der Waals surface area contributed by atoms with Gasteiger partial charge in [-0.05, 0) is 24.3 Å². The van der Waals surface area contributed by atoms with E-state index in [0.717, 1.165) is 19.1 Å². The molecule has 1 amide bonds. The van der Waals surface area contributed by atoms with Crippen LogP contribution in [0.15, 0.2) is 58.9 Å². The molecule has 9 nitrogen and oxygen atoms in total. The van der Waals surface area contributed by atoms with Crippen LogP contribution in [0.2, 0.25) is 0 Å². The number of alkyl halides is 3. The van der Waals surface area contributed by atoms with E-state index >= 15 is 0 Å². The first-order valence-corrected chi connectivity index (χ1v) is 11.2. The molecule has 0 aliphatic heterocycles. The highest BCUT2D eigenvalue weighted by atomic mass is 32.2. The molecule has 0 unspecified atom stereocenters. The normalized spacial score (nSPS) is 12.6. The van der Waals surface area contributed by atoms with E-state index in [1.54, 1.807) is 12.3 Å². The van der Waals surface area contributed by atoms with Crippen molar-refractivity contribution in [3.8, 4) is 5.69 Å². The molecular weight excluding hydrogens is 461 g/mol. The molecule has 3 heterocycles. The molecule has 0 saturated heterocycles. The topological polar surface area (TPSA) is 110 Å². The number of carbonyl (C=O) groups excluding carboxylic acids is 1. The predicted molar refractivity (Wildman–Crippen MR) is 114 cm³/mol. The molecule has 0 aliphatic rings. The third kappa shape index (κ3) is 5.25. The molecule has 0 radical (unpaired) electrons. The molecule has 0 spiro atoms. The number of halogens is 3. The van der Waals surface area contributed by atoms with E-state index in [1.807, 2.05) is 0 Å². The number of hydrogen-bond acceptors (Lipinski definition) is 6. The second-order valence-corrected chi connectivity index (χ2v) is 9.06. The fraction of sp³-hybridized carbons (Fsp3) is 0.250. The molecule has 174 valence electrons. The van der Waals surface area contributed by atoms with Gasteiger partial charge in [0.15, 0.2) is 15.7 Å². The Labute approximate surface area is 187 Å². The number of pyridine rings is 2. The summed E-state index contributed by atoms with van der Waals surface area (Å²) in [5, 5.41) is 4.05. The van der Waals surface area contributed by atoms with Gasteiger partial charge in [0, 0.05) is 32.6 Å². The van der Waals surface area contributed by atoms with Gasteiger partial charge in [0.2, 0.25) is 5.91 Å². The van der Waals surface area contributed by atoms with E-state index in [0.29, 0.717) is 11.9 Å². The number of aromatic nitrogens is 4. The maximum Gasteiger partial charge on any atom is 0.417 e. The number of anilines is 1. The third-order valence-corrected chi connectivity index (χ3v) is 6.28. The van der Waals surface area contributed by atoms with Crippen molar-refractivity contribution in [3.63, 3.8) is 0 Å². The first-order valence-electron chi connectivity index (χ1n) is 9.53. The second-order valence-electron chi connectivity index (χ2n) is 6.81. The first kappa shape index (κ1) is 24.0. The molecule has 0 N–H and O–H groups in total. The Hall–Kier alpha value is -3.61. The van der Waals surface area contributed by atoms with Gasteiger partial charge in [-0.15, -0.1) is 0 Å². The van der Waals surface area contributed by atoms with Crippen molar-refractivity contribution in [1.29, 1.82) is 0 Å². The van der Waals surface area contributed by atoms with Gasteiger partial charge in [-0.25, -0.2) is 23.1 Å². The van der Waals surface area contributed by atoms with E-state index in [2.05, 4.69) is 20.1 Å². The molecule has 3 aromatic rings. The van der Waals surface area contributed by atoms with Crippen LogP contribution in [-0.2, 0) is 20.8 Å². The summed E-state index contributed by atoms with van der Waals surface area (Å²) >= 11 is 0. The first-order chi connectivity index (χ1) is 15.4. The Morgan fingerprint density at radius 2 is 1.94 bits per heavy atom. The standard InChI is InChI=1S/C20H19F3N6O3S/c1-4-33(31,32)16-10-15(29-9-5-8-26-29)12-25-18(16)19(27-13(2)30)28(3)17-7-6-14(11-24-17)20(21,22)23/h5-12H,4H2,1-3H3. The molecule has 0 bridgehead atoms. The molecule has 0 fully saturated rings. The maximum absolute atomic E-state index is 12.9. The summed E-state index contributed by atoms with van der Waals surface area (Å²) in [7, 11) is -2.46. The van der Waals surface area contributed by atoms with Gasteiger partial charge in [0.1, 0.15) is 11.5 Å². The van der Waals surface area contributed by atoms with Gasteiger partial charge < -0.3 is 4.90 Å². The second kappa shape index (κ2) is 9.10. The summed E-state index contributed by atoms with van der Waals surface area (Å²) in [6.07, 6.45) is 0.513. The minimum atomic E-state index is -4.58. The SMILES string of the molecule is CCS(=O)(=O)c1cc(-n2cccn2)cnc1C(=NC(C)=O)N(C)c1ccc(C(F)(F)F)cn1. The van der Waals surface area contributed by atoms with E-state index in [1.165, 1.54) is 42.0 Å². The van der Waals surface area contributed by atoms with E-state index in [-0.39, 0.29) is 28.0 Å². The Morgan fingerprint density at radius 1 is 1.21 bits per heavy atom. The van der Waals surface area contributed by atoms with Crippen LogP contribution in [0.4, 0.5) is 19.0 Å². The third-order valence-electron chi connectivity index (χ3n) is 4.53. The molecular formula is C20H19F3N6O3S. The molecule has 3 rings (SSSR count). The minimum Gasteiger partial charge on any atom is -0.312 e. The van der Waals surface area contributed by atoms with Crippen LogP contribution in [0.1, 0.15) is 25.1 Å². The van der Waals surface area contributed by atoms with Crippen molar-refractivity contribution in [2.45, 2.75) is 24.9 Å². The van der Waals surface area contributed by atoms with Gasteiger partial charge in [-0.3, -0.25) is 4.79 Å². The largest absolute Gasteiger partial charge is 0.417 e. The quantitative estimate of drug-likeness (QED) is 0.408. The van der Waals surface area contributed by atoms with E-state index < -0.39 is 27.5 Å².